The maximum Gasteiger partial charge on any atom is 0.264 e. The quantitative estimate of drug-likeness (QED) is 0.339. The van der Waals surface area contributed by atoms with Crippen LogP contribution < -0.4 is 9.62 Å². The predicted molar refractivity (Wildman–Crippen MR) is 146 cm³/mol. The number of carbonyl (C=O) groups is 2. The van der Waals surface area contributed by atoms with Gasteiger partial charge in [0.05, 0.1) is 10.6 Å². The van der Waals surface area contributed by atoms with Gasteiger partial charge >= 0.3 is 0 Å². The second-order valence-electron chi connectivity index (χ2n) is 9.13. The van der Waals surface area contributed by atoms with Crippen molar-refractivity contribution in [3.63, 3.8) is 0 Å². The largest absolute Gasteiger partial charge is 0.354 e. The molecule has 0 saturated carbocycles. The summed E-state index contributed by atoms with van der Waals surface area (Å²) in [4.78, 5) is 28.0. The van der Waals surface area contributed by atoms with Crippen molar-refractivity contribution in [3.8, 4) is 0 Å². The monoisotopic (exact) mass is 539 g/mol. The van der Waals surface area contributed by atoms with Crippen LogP contribution in [-0.2, 0) is 26.2 Å². The normalized spacial score (nSPS) is 12.0. The van der Waals surface area contributed by atoms with Gasteiger partial charge in [0.25, 0.3) is 10.0 Å². The fraction of sp³-hybridized carbons (Fsp3) is 0.310. The zero-order valence-electron chi connectivity index (χ0n) is 21.9. The smallest absolute Gasteiger partial charge is 0.264 e. The van der Waals surface area contributed by atoms with E-state index in [4.69, 9.17) is 0 Å². The Morgan fingerprint density at radius 1 is 0.974 bits per heavy atom. The zero-order valence-corrected chi connectivity index (χ0v) is 22.7. The molecule has 3 aromatic rings. The minimum Gasteiger partial charge on any atom is -0.354 e. The van der Waals surface area contributed by atoms with E-state index < -0.39 is 34.3 Å². The number of carbonyl (C=O) groups excluding carboxylic acids is 2. The standard InChI is InChI=1S/C29H34FN3O4S/c1-4-5-18-31-29(35)23(3)32(20-24-11-9-10-22(2)19-24)28(34)21-33(26-12-7-6-8-13-26)38(36,37)27-16-14-25(30)15-17-27/h6-17,19,23H,4-5,18,20-21H2,1-3H3,(H,31,35). The number of halogens is 1. The van der Waals surface area contributed by atoms with E-state index in [1.165, 1.54) is 17.0 Å². The summed E-state index contributed by atoms with van der Waals surface area (Å²) < 4.78 is 41.8. The van der Waals surface area contributed by atoms with E-state index in [2.05, 4.69) is 5.32 Å². The molecule has 1 N–H and O–H groups in total. The fourth-order valence-electron chi connectivity index (χ4n) is 3.98. The molecule has 3 rings (SSSR count). The summed E-state index contributed by atoms with van der Waals surface area (Å²) in [6.45, 7) is 5.66. The van der Waals surface area contributed by atoms with Gasteiger partial charge in [-0.3, -0.25) is 13.9 Å². The lowest BCUT2D eigenvalue weighted by molar-refractivity contribution is -0.139. The van der Waals surface area contributed by atoms with Gasteiger partial charge in [-0.05, 0) is 62.2 Å². The average Bonchev–Trinajstić information content (AvgIpc) is 2.90. The van der Waals surface area contributed by atoms with Crippen LogP contribution in [-0.4, -0.2) is 44.3 Å². The first-order valence-electron chi connectivity index (χ1n) is 12.6. The van der Waals surface area contributed by atoms with E-state index >= 15 is 0 Å². The third-order valence-corrected chi connectivity index (χ3v) is 7.95. The van der Waals surface area contributed by atoms with Crippen LogP contribution in [0.5, 0.6) is 0 Å². The number of anilines is 1. The van der Waals surface area contributed by atoms with Gasteiger partial charge in [0.2, 0.25) is 11.8 Å². The molecule has 7 nitrogen and oxygen atoms in total. The van der Waals surface area contributed by atoms with E-state index in [0.717, 1.165) is 40.4 Å². The van der Waals surface area contributed by atoms with Crippen LogP contribution >= 0.6 is 0 Å². The highest BCUT2D eigenvalue weighted by molar-refractivity contribution is 7.92. The van der Waals surface area contributed by atoms with Crippen LogP contribution in [0.3, 0.4) is 0 Å². The summed E-state index contributed by atoms with van der Waals surface area (Å²) in [7, 11) is -4.22. The van der Waals surface area contributed by atoms with Gasteiger partial charge in [-0.15, -0.1) is 0 Å². The van der Waals surface area contributed by atoms with Gasteiger partial charge < -0.3 is 10.2 Å². The Balaban J connectivity index is 1.97. The van der Waals surface area contributed by atoms with Crippen LogP contribution in [0.2, 0.25) is 0 Å². The minimum atomic E-state index is -4.22. The first-order chi connectivity index (χ1) is 18.1. The van der Waals surface area contributed by atoms with Crippen molar-refractivity contribution < 1.29 is 22.4 Å². The Kier molecular flexibility index (Phi) is 10.0. The molecule has 0 heterocycles. The summed E-state index contributed by atoms with van der Waals surface area (Å²) in [5.74, 6) is -1.43. The number of aryl methyl sites for hydroxylation is 1. The van der Waals surface area contributed by atoms with Gasteiger partial charge in [0.15, 0.2) is 0 Å². The summed E-state index contributed by atoms with van der Waals surface area (Å²) in [6.07, 6.45) is 1.72. The van der Waals surface area contributed by atoms with Crippen LogP contribution in [0.4, 0.5) is 10.1 Å². The molecule has 1 unspecified atom stereocenters. The fourth-order valence-corrected chi connectivity index (χ4v) is 5.40. The molecule has 0 aromatic heterocycles. The highest BCUT2D eigenvalue weighted by Crippen LogP contribution is 2.24. The van der Waals surface area contributed by atoms with E-state index in [0.29, 0.717) is 6.54 Å². The molecule has 0 bridgehead atoms. The summed E-state index contributed by atoms with van der Waals surface area (Å²) in [6, 6.07) is 19.4. The first kappa shape index (κ1) is 28.8. The summed E-state index contributed by atoms with van der Waals surface area (Å²) in [5.41, 5.74) is 2.10. The average molecular weight is 540 g/mol. The molecule has 0 saturated heterocycles. The van der Waals surface area contributed by atoms with Crippen molar-refractivity contribution in [2.24, 2.45) is 0 Å². The Morgan fingerprint density at radius 3 is 2.29 bits per heavy atom. The van der Waals surface area contributed by atoms with Crippen molar-refractivity contribution in [3.05, 3.63) is 95.8 Å². The number of nitrogens with zero attached hydrogens (tertiary/aromatic N) is 2. The van der Waals surface area contributed by atoms with Gasteiger partial charge in [0.1, 0.15) is 18.4 Å². The number of amides is 2. The highest BCUT2D eigenvalue weighted by Gasteiger charge is 2.32. The molecule has 0 aliphatic rings. The van der Waals surface area contributed by atoms with Crippen molar-refractivity contribution in [1.29, 1.82) is 0 Å². The number of rotatable bonds is 12. The van der Waals surface area contributed by atoms with Crippen LogP contribution in [0.1, 0.15) is 37.8 Å². The van der Waals surface area contributed by atoms with E-state index in [-0.39, 0.29) is 23.0 Å². The van der Waals surface area contributed by atoms with Crippen molar-refractivity contribution in [1.82, 2.24) is 10.2 Å². The Morgan fingerprint density at radius 2 is 1.66 bits per heavy atom. The molecule has 202 valence electrons. The molecule has 0 fully saturated rings. The molecule has 0 aliphatic carbocycles. The molecular formula is C29H34FN3O4S. The van der Waals surface area contributed by atoms with Crippen molar-refractivity contribution >= 4 is 27.5 Å². The maximum atomic E-state index is 13.8. The number of hydrogen-bond acceptors (Lipinski definition) is 4. The Hall–Kier alpha value is -3.72. The number of sulfonamides is 1. The predicted octanol–water partition coefficient (Wildman–Crippen LogP) is 4.66. The first-order valence-corrected chi connectivity index (χ1v) is 14.0. The lowest BCUT2D eigenvalue weighted by Crippen LogP contribution is -2.51. The molecule has 0 radical (unpaired) electrons. The van der Waals surface area contributed by atoms with Crippen LogP contribution in [0.15, 0.2) is 83.8 Å². The number of hydrogen-bond donors (Lipinski definition) is 1. The van der Waals surface area contributed by atoms with E-state index in [9.17, 15) is 22.4 Å². The molecule has 9 heteroatoms. The molecular weight excluding hydrogens is 505 g/mol. The number of benzene rings is 3. The van der Waals surface area contributed by atoms with Gasteiger partial charge in [0, 0.05) is 13.1 Å². The second kappa shape index (κ2) is 13.2. The molecule has 0 spiro atoms. The third kappa shape index (κ3) is 7.41. The maximum absolute atomic E-state index is 13.8. The summed E-state index contributed by atoms with van der Waals surface area (Å²) in [5, 5.41) is 2.86. The van der Waals surface area contributed by atoms with Crippen molar-refractivity contribution in [2.75, 3.05) is 17.4 Å². The molecule has 0 aliphatic heterocycles. The zero-order chi connectivity index (χ0) is 27.7. The van der Waals surface area contributed by atoms with Gasteiger partial charge in [-0.2, -0.15) is 0 Å². The Bertz CT molecular complexity index is 1330. The molecule has 3 aromatic carbocycles. The minimum absolute atomic E-state index is 0.127. The number of unbranched alkanes of at least 4 members (excludes halogenated alkanes) is 1. The van der Waals surface area contributed by atoms with E-state index in [1.807, 2.05) is 38.1 Å². The third-order valence-electron chi connectivity index (χ3n) is 6.16. The molecule has 2 amide bonds. The lowest BCUT2D eigenvalue weighted by atomic mass is 10.1. The van der Waals surface area contributed by atoms with E-state index in [1.54, 1.807) is 37.3 Å². The molecule has 1 atom stereocenters. The van der Waals surface area contributed by atoms with Gasteiger partial charge in [-0.25, -0.2) is 12.8 Å². The van der Waals surface area contributed by atoms with Crippen LogP contribution in [0.25, 0.3) is 0 Å². The van der Waals surface area contributed by atoms with Gasteiger partial charge in [-0.1, -0.05) is 61.4 Å². The van der Waals surface area contributed by atoms with Crippen molar-refractivity contribution in [2.45, 2.75) is 51.1 Å². The second-order valence-corrected chi connectivity index (χ2v) is 11.0. The molecule has 38 heavy (non-hydrogen) atoms. The Labute approximate surface area is 224 Å². The number of nitrogens with one attached hydrogen (secondary N) is 1. The topological polar surface area (TPSA) is 86.8 Å². The lowest BCUT2D eigenvalue weighted by Gasteiger charge is -2.32. The highest BCUT2D eigenvalue weighted by atomic mass is 32.2. The number of para-hydroxylation sites is 1. The van der Waals surface area contributed by atoms with Crippen LogP contribution in [0, 0.1) is 12.7 Å². The summed E-state index contributed by atoms with van der Waals surface area (Å²) >= 11 is 0. The SMILES string of the molecule is CCCCNC(=O)C(C)N(Cc1cccc(C)c1)C(=O)CN(c1ccccc1)S(=O)(=O)c1ccc(F)cc1.